The number of benzene rings is 1. The van der Waals surface area contributed by atoms with Gasteiger partial charge in [-0.3, -0.25) is 0 Å². The largest absolute Gasteiger partial charge is 0.399 e. The third-order valence-electron chi connectivity index (χ3n) is 2.47. The Kier molecular flexibility index (Phi) is 5.98. The molecule has 102 valence electrons. The molecule has 0 fully saturated rings. The summed E-state index contributed by atoms with van der Waals surface area (Å²) in [5, 5.41) is 0. The van der Waals surface area contributed by atoms with Crippen molar-refractivity contribution in [1.82, 2.24) is 4.72 Å². The molecule has 0 saturated heterocycles. The first-order valence-electron chi connectivity index (χ1n) is 5.91. The number of nitrogen functional groups attached to an aromatic ring is 1. The van der Waals surface area contributed by atoms with Gasteiger partial charge < -0.3 is 5.73 Å². The Hall–Kier alpha value is -0.720. The molecule has 1 unspecified atom stereocenters. The minimum absolute atomic E-state index is 0.00707. The van der Waals surface area contributed by atoms with Crippen LogP contribution in [0, 0.1) is 0 Å². The maximum Gasteiger partial charge on any atom is 0.212 e. The first-order chi connectivity index (χ1) is 8.43. The lowest BCUT2D eigenvalue weighted by molar-refractivity contribution is 0.557. The van der Waals surface area contributed by atoms with Gasteiger partial charge in [-0.05, 0) is 31.5 Å². The molecule has 0 saturated carbocycles. The fourth-order valence-electron chi connectivity index (χ4n) is 1.32. The van der Waals surface area contributed by atoms with Gasteiger partial charge in [0.1, 0.15) is 0 Å². The lowest BCUT2D eigenvalue weighted by atomic mass is 10.3. The molecule has 0 aromatic heterocycles. The van der Waals surface area contributed by atoms with Gasteiger partial charge in [0.25, 0.3) is 0 Å². The van der Waals surface area contributed by atoms with Crippen molar-refractivity contribution < 1.29 is 8.42 Å². The van der Waals surface area contributed by atoms with Crippen LogP contribution in [0.25, 0.3) is 0 Å². The molecular weight excluding hydrogens is 268 g/mol. The van der Waals surface area contributed by atoms with Crippen LogP contribution in [0.1, 0.15) is 20.3 Å². The van der Waals surface area contributed by atoms with Crippen LogP contribution >= 0.6 is 11.8 Å². The molecule has 0 aliphatic heterocycles. The second-order valence-electron chi connectivity index (χ2n) is 4.17. The lowest BCUT2D eigenvalue weighted by Gasteiger charge is -2.11. The van der Waals surface area contributed by atoms with Gasteiger partial charge in [-0.25, -0.2) is 13.1 Å². The summed E-state index contributed by atoms with van der Waals surface area (Å²) >= 11 is 1.50. The molecule has 0 radical (unpaired) electrons. The summed E-state index contributed by atoms with van der Waals surface area (Å²) in [4.78, 5) is 0.994. The second-order valence-corrected chi connectivity index (χ2v) is 7.21. The van der Waals surface area contributed by atoms with Crippen molar-refractivity contribution in [3.63, 3.8) is 0 Å². The molecule has 1 aromatic carbocycles. The zero-order chi connectivity index (χ0) is 13.6. The minimum Gasteiger partial charge on any atom is -0.399 e. The SMILES string of the molecule is CCC(C)NS(=O)(=O)CCSc1cccc(N)c1. The number of nitrogens with two attached hydrogens (primary N) is 1. The van der Waals surface area contributed by atoms with Crippen molar-refractivity contribution in [1.29, 1.82) is 0 Å². The van der Waals surface area contributed by atoms with Crippen molar-refractivity contribution >= 4 is 27.5 Å². The van der Waals surface area contributed by atoms with E-state index in [2.05, 4.69) is 4.72 Å². The fraction of sp³-hybridized carbons (Fsp3) is 0.500. The highest BCUT2D eigenvalue weighted by Crippen LogP contribution is 2.20. The Morgan fingerprint density at radius 2 is 2.17 bits per heavy atom. The number of sulfonamides is 1. The van der Waals surface area contributed by atoms with Gasteiger partial charge in [-0.15, -0.1) is 11.8 Å². The average Bonchev–Trinajstić information content (AvgIpc) is 2.28. The number of anilines is 1. The van der Waals surface area contributed by atoms with Gasteiger partial charge >= 0.3 is 0 Å². The summed E-state index contributed by atoms with van der Waals surface area (Å²) in [5.74, 6) is 0.645. The van der Waals surface area contributed by atoms with E-state index in [9.17, 15) is 8.42 Å². The van der Waals surface area contributed by atoms with Gasteiger partial charge in [-0.1, -0.05) is 13.0 Å². The molecule has 3 N–H and O–H groups in total. The standard InChI is InChI=1S/C12H20N2O2S2/c1-3-10(2)14-18(15,16)8-7-17-12-6-4-5-11(13)9-12/h4-6,9-10,14H,3,7-8,13H2,1-2H3. The molecule has 1 rings (SSSR count). The van der Waals surface area contributed by atoms with E-state index in [0.29, 0.717) is 11.4 Å². The van der Waals surface area contributed by atoms with Crippen LogP contribution in [0.4, 0.5) is 5.69 Å². The lowest BCUT2D eigenvalue weighted by Crippen LogP contribution is -2.34. The molecule has 4 nitrogen and oxygen atoms in total. The van der Waals surface area contributed by atoms with Crippen LogP contribution in [0.3, 0.4) is 0 Å². The van der Waals surface area contributed by atoms with Crippen LogP contribution in [-0.2, 0) is 10.0 Å². The highest BCUT2D eigenvalue weighted by atomic mass is 32.2. The third kappa shape index (κ3) is 5.75. The maximum absolute atomic E-state index is 11.7. The van der Waals surface area contributed by atoms with E-state index in [1.807, 2.05) is 38.1 Å². The zero-order valence-corrected chi connectivity index (χ0v) is 12.4. The Balaban J connectivity index is 2.42. The Bertz CT molecular complexity index is 475. The van der Waals surface area contributed by atoms with E-state index in [1.54, 1.807) is 0 Å². The first-order valence-corrected chi connectivity index (χ1v) is 8.55. The first kappa shape index (κ1) is 15.3. The van der Waals surface area contributed by atoms with E-state index >= 15 is 0 Å². The number of nitrogens with one attached hydrogen (secondary N) is 1. The van der Waals surface area contributed by atoms with Gasteiger partial charge in [0.2, 0.25) is 10.0 Å². The molecule has 0 aliphatic rings. The fourth-order valence-corrected chi connectivity index (χ4v) is 4.06. The monoisotopic (exact) mass is 288 g/mol. The van der Waals surface area contributed by atoms with Crippen molar-refractivity contribution in [3.05, 3.63) is 24.3 Å². The predicted molar refractivity (Wildman–Crippen MR) is 78.3 cm³/mol. The minimum atomic E-state index is -3.18. The summed E-state index contributed by atoms with van der Waals surface area (Å²) in [6.07, 6.45) is 0.793. The quantitative estimate of drug-likeness (QED) is 0.595. The van der Waals surface area contributed by atoms with E-state index in [-0.39, 0.29) is 11.8 Å². The molecule has 6 heteroatoms. The highest BCUT2D eigenvalue weighted by Gasteiger charge is 2.12. The van der Waals surface area contributed by atoms with Gasteiger partial charge in [0.05, 0.1) is 5.75 Å². The zero-order valence-electron chi connectivity index (χ0n) is 10.7. The molecule has 1 atom stereocenters. The summed E-state index contributed by atoms with van der Waals surface area (Å²) in [7, 11) is -3.18. The molecule has 0 heterocycles. The van der Waals surface area contributed by atoms with Gasteiger partial charge in [-0.2, -0.15) is 0 Å². The molecule has 0 bridgehead atoms. The molecule has 0 amide bonds. The van der Waals surface area contributed by atoms with Crippen LogP contribution in [0.5, 0.6) is 0 Å². The topological polar surface area (TPSA) is 72.2 Å². The van der Waals surface area contributed by atoms with E-state index < -0.39 is 10.0 Å². The predicted octanol–water partition coefficient (Wildman–Crippen LogP) is 2.08. The van der Waals surface area contributed by atoms with E-state index in [4.69, 9.17) is 5.73 Å². The number of hydrogen-bond acceptors (Lipinski definition) is 4. The van der Waals surface area contributed by atoms with E-state index in [0.717, 1.165) is 11.3 Å². The number of rotatable bonds is 7. The molecule has 1 aromatic rings. The van der Waals surface area contributed by atoms with Crippen LogP contribution in [0.15, 0.2) is 29.2 Å². The molecular formula is C12H20N2O2S2. The van der Waals surface area contributed by atoms with Crippen molar-refractivity contribution in [2.45, 2.75) is 31.2 Å². The number of hydrogen-bond donors (Lipinski definition) is 2. The normalized spacial score (nSPS) is 13.4. The van der Waals surface area contributed by atoms with Crippen LogP contribution in [0.2, 0.25) is 0 Å². The number of thioether (sulfide) groups is 1. The molecule has 0 spiro atoms. The Labute approximate surface area is 113 Å². The van der Waals surface area contributed by atoms with Crippen molar-refractivity contribution in [3.8, 4) is 0 Å². The van der Waals surface area contributed by atoms with Crippen LogP contribution in [-0.4, -0.2) is 26.0 Å². The summed E-state index contributed by atoms with van der Waals surface area (Å²) < 4.78 is 26.1. The Morgan fingerprint density at radius 1 is 1.44 bits per heavy atom. The van der Waals surface area contributed by atoms with Gasteiger partial charge in [0.15, 0.2) is 0 Å². The molecule has 18 heavy (non-hydrogen) atoms. The van der Waals surface area contributed by atoms with Crippen LogP contribution < -0.4 is 10.5 Å². The average molecular weight is 288 g/mol. The van der Waals surface area contributed by atoms with Crippen molar-refractivity contribution in [2.24, 2.45) is 0 Å². The highest BCUT2D eigenvalue weighted by molar-refractivity contribution is 8.00. The Morgan fingerprint density at radius 3 is 2.78 bits per heavy atom. The summed E-state index contributed by atoms with van der Waals surface area (Å²) in [6.45, 7) is 3.82. The summed E-state index contributed by atoms with van der Waals surface area (Å²) in [6, 6.07) is 7.44. The molecule has 0 aliphatic carbocycles. The van der Waals surface area contributed by atoms with E-state index in [1.165, 1.54) is 11.8 Å². The maximum atomic E-state index is 11.7. The van der Waals surface area contributed by atoms with Gasteiger partial charge in [0, 0.05) is 22.4 Å². The van der Waals surface area contributed by atoms with Crippen molar-refractivity contribution in [2.75, 3.05) is 17.2 Å². The summed E-state index contributed by atoms with van der Waals surface area (Å²) in [5.41, 5.74) is 6.35. The third-order valence-corrected chi connectivity index (χ3v) is 5.23. The smallest absolute Gasteiger partial charge is 0.212 e. The second kappa shape index (κ2) is 7.01.